The molecule has 2 rings (SSSR count). The number of hydrogen-bond donors (Lipinski definition) is 2. The van der Waals surface area contributed by atoms with E-state index in [2.05, 4.69) is 4.98 Å². The van der Waals surface area contributed by atoms with Crippen LogP contribution in [-0.4, -0.2) is 10.9 Å². The summed E-state index contributed by atoms with van der Waals surface area (Å²) in [5.41, 5.74) is 2.92. The number of pyridine rings is 1. The standard InChI is InChI=1S/C10H8FN3O/c11-8-1-2-9-6(4-8)3-7(5-13-9)10(15)14-12/h1-5H,12H2,(H,14,15). The minimum atomic E-state index is -0.450. The molecule has 0 unspecified atom stereocenters. The Labute approximate surface area is 84.9 Å². The number of halogens is 1. The molecule has 0 radical (unpaired) electrons. The average molecular weight is 205 g/mol. The largest absolute Gasteiger partial charge is 0.290 e. The second kappa shape index (κ2) is 3.62. The Morgan fingerprint density at radius 1 is 1.40 bits per heavy atom. The van der Waals surface area contributed by atoms with Crippen LogP contribution in [0.3, 0.4) is 0 Å². The van der Waals surface area contributed by atoms with Gasteiger partial charge >= 0.3 is 0 Å². The van der Waals surface area contributed by atoms with Gasteiger partial charge in [0, 0.05) is 11.6 Å². The monoisotopic (exact) mass is 205 g/mol. The molecule has 3 N–H and O–H groups in total. The molecule has 0 spiro atoms. The topological polar surface area (TPSA) is 68.0 Å². The van der Waals surface area contributed by atoms with Crippen molar-refractivity contribution in [3.05, 3.63) is 41.8 Å². The van der Waals surface area contributed by atoms with Gasteiger partial charge in [0.2, 0.25) is 0 Å². The van der Waals surface area contributed by atoms with Gasteiger partial charge in [-0.2, -0.15) is 0 Å². The Kier molecular flexibility index (Phi) is 2.31. The number of amides is 1. The Bertz CT molecular complexity index is 527. The first kappa shape index (κ1) is 9.54. The van der Waals surface area contributed by atoms with Gasteiger partial charge in [-0.1, -0.05) is 0 Å². The van der Waals surface area contributed by atoms with Gasteiger partial charge in [0.25, 0.3) is 5.91 Å². The van der Waals surface area contributed by atoms with E-state index in [0.717, 1.165) is 0 Å². The lowest BCUT2D eigenvalue weighted by Gasteiger charge is -2.01. The van der Waals surface area contributed by atoms with Crippen molar-refractivity contribution in [1.82, 2.24) is 10.4 Å². The molecule has 1 heterocycles. The quantitative estimate of drug-likeness (QED) is 0.414. The Morgan fingerprint density at radius 3 is 2.93 bits per heavy atom. The lowest BCUT2D eigenvalue weighted by Crippen LogP contribution is -2.30. The van der Waals surface area contributed by atoms with E-state index >= 15 is 0 Å². The number of nitrogen functional groups attached to an aromatic ring is 1. The maximum atomic E-state index is 12.9. The van der Waals surface area contributed by atoms with Crippen LogP contribution in [0.4, 0.5) is 4.39 Å². The molecule has 15 heavy (non-hydrogen) atoms. The maximum Gasteiger partial charge on any atom is 0.266 e. The van der Waals surface area contributed by atoms with E-state index in [9.17, 15) is 9.18 Å². The molecule has 0 saturated heterocycles. The predicted octanol–water partition coefficient (Wildman–Crippen LogP) is 0.977. The summed E-state index contributed by atoms with van der Waals surface area (Å²) in [5, 5.41) is 0.566. The molecule has 0 saturated carbocycles. The first-order valence-corrected chi connectivity index (χ1v) is 4.27. The number of carbonyl (C=O) groups is 1. The van der Waals surface area contributed by atoms with Crippen molar-refractivity contribution in [3.8, 4) is 0 Å². The minimum absolute atomic E-state index is 0.301. The second-order valence-corrected chi connectivity index (χ2v) is 3.03. The lowest BCUT2D eigenvalue weighted by molar-refractivity contribution is 0.0953. The van der Waals surface area contributed by atoms with Crippen LogP contribution in [-0.2, 0) is 0 Å². The van der Waals surface area contributed by atoms with Crippen LogP contribution in [0.25, 0.3) is 10.9 Å². The number of fused-ring (bicyclic) bond motifs is 1. The molecule has 0 fully saturated rings. The summed E-state index contributed by atoms with van der Waals surface area (Å²) in [4.78, 5) is 15.2. The number of rotatable bonds is 1. The van der Waals surface area contributed by atoms with E-state index < -0.39 is 5.91 Å². The third-order valence-electron chi connectivity index (χ3n) is 2.04. The van der Waals surface area contributed by atoms with Crippen LogP contribution in [0.2, 0.25) is 0 Å². The molecular weight excluding hydrogens is 197 g/mol. The molecule has 2 aromatic rings. The molecule has 0 atom stereocenters. The molecular formula is C10H8FN3O. The number of benzene rings is 1. The van der Waals surface area contributed by atoms with Gasteiger partial charge in [-0.25, -0.2) is 10.2 Å². The number of aromatic nitrogens is 1. The summed E-state index contributed by atoms with van der Waals surface area (Å²) in [7, 11) is 0. The smallest absolute Gasteiger partial charge is 0.266 e. The molecule has 4 nitrogen and oxygen atoms in total. The predicted molar refractivity (Wildman–Crippen MR) is 53.4 cm³/mol. The van der Waals surface area contributed by atoms with E-state index in [0.29, 0.717) is 16.5 Å². The summed E-state index contributed by atoms with van der Waals surface area (Å²) in [6.07, 6.45) is 1.39. The molecule has 1 aromatic carbocycles. The summed E-state index contributed by atoms with van der Waals surface area (Å²) in [5.74, 6) is 4.16. The summed E-state index contributed by atoms with van der Waals surface area (Å²) in [6.45, 7) is 0. The van der Waals surface area contributed by atoms with Crippen molar-refractivity contribution in [2.45, 2.75) is 0 Å². The maximum absolute atomic E-state index is 12.9. The highest BCUT2D eigenvalue weighted by Gasteiger charge is 2.05. The third kappa shape index (κ3) is 1.77. The first-order valence-electron chi connectivity index (χ1n) is 4.27. The fraction of sp³-hybridized carbons (Fsp3) is 0. The van der Waals surface area contributed by atoms with E-state index in [1.165, 1.54) is 24.4 Å². The van der Waals surface area contributed by atoms with Gasteiger partial charge in [-0.3, -0.25) is 15.2 Å². The van der Waals surface area contributed by atoms with Gasteiger partial charge in [0.15, 0.2) is 0 Å². The lowest BCUT2D eigenvalue weighted by atomic mass is 10.1. The van der Waals surface area contributed by atoms with Gasteiger partial charge < -0.3 is 0 Å². The number of nitrogens with one attached hydrogen (secondary N) is 1. The Hall–Kier alpha value is -2.01. The van der Waals surface area contributed by atoms with E-state index in [-0.39, 0.29) is 5.82 Å². The molecule has 5 heteroatoms. The van der Waals surface area contributed by atoms with Gasteiger partial charge in [-0.15, -0.1) is 0 Å². The van der Waals surface area contributed by atoms with Crippen LogP contribution in [0.1, 0.15) is 10.4 Å². The summed E-state index contributed by atoms with van der Waals surface area (Å²) in [6, 6.07) is 5.72. The number of carbonyl (C=O) groups excluding carboxylic acids is 1. The van der Waals surface area contributed by atoms with Crippen molar-refractivity contribution in [2.75, 3.05) is 0 Å². The summed E-state index contributed by atoms with van der Waals surface area (Å²) >= 11 is 0. The SMILES string of the molecule is NNC(=O)c1cnc2ccc(F)cc2c1. The van der Waals surface area contributed by atoms with Gasteiger partial charge in [-0.05, 0) is 24.3 Å². The average Bonchev–Trinajstić information content (AvgIpc) is 2.27. The Morgan fingerprint density at radius 2 is 2.20 bits per heavy atom. The van der Waals surface area contributed by atoms with E-state index in [1.54, 1.807) is 6.07 Å². The molecule has 1 amide bonds. The highest BCUT2D eigenvalue weighted by molar-refractivity contribution is 5.96. The van der Waals surface area contributed by atoms with Crippen LogP contribution in [0.15, 0.2) is 30.5 Å². The van der Waals surface area contributed by atoms with Crippen LogP contribution < -0.4 is 11.3 Å². The zero-order chi connectivity index (χ0) is 10.8. The highest BCUT2D eigenvalue weighted by atomic mass is 19.1. The zero-order valence-electron chi connectivity index (χ0n) is 7.70. The van der Waals surface area contributed by atoms with E-state index in [4.69, 9.17) is 5.84 Å². The molecule has 0 aliphatic carbocycles. The van der Waals surface area contributed by atoms with Crippen molar-refractivity contribution < 1.29 is 9.18 Å². The normalized spacial score (nSPS) is 10.3. The van der Waals surface area contributed by atoms with Crippen LogP contribution >= 0.6 is 0 Å². The zero-order valence-corrected chi connectivity index (χ0v) is 7.70. The number of nitrogens with two attached hydrogens (primary N) is 1. The van der Waals surface area contributed by atoms with Crippen molar-refractivity contribution in [1.29, 1.82) is 0 Å². The van der Waals surface area contributed by atoms with E-state index in [1.807, 2.05) is 5.43 Å². The number of hydrogen-bond acceptors (Lipinski definition) is 3. The Balaban J connectivity index is 2.59. The fourth-order valence-electron chi connectivity index (χ4n) is 1.31. The van der Waals surface area contributed by atoms with Crippen molar-refractivity contribution >= 4 is 16.8 Å². The van der Waals surface area contributed by atoms with Crippen molar-refractivity contribution in [3.63, 3.8) is 0 Å². The van der Waals surface area contributed by atoms with Crippen molar-refractivity contribution in [2.24, 2.45) is 5.84 Å². The molecule has 0 bridgehead atoms. The molecule has 1 aromatic heterocycles. The van der Waals surface area contributed by atoms with Gasteiger partial charge in [0.05, 0.1) is 11.1 Å². The van der Waals surface area contributed by atoms with Crippen LogP contribution in [0, 0.1) is 5.82 Å². The fourth-order valence-corrected chi connectivity index (χ4v) is 1.31. The summed E-state index contributed by atoms with van der Waals surface area (Å²) < 4.78 is 12.9. The minimum Gasteiger partial charge on any atom is -0.290 e. The molecule has 0 aliphatic heterocycles. The second-order valence-electron chi connectivity index (χ2n) is 3.03. The van der Waals surface area contributed by atoms with Crippen LogP contribution in [0.5, 0.6) is 0 Å². The molecule has 0 aliphatic rings. The third-order valence-corrected chi connectivity index (χ3v) is 2.04. The van der Waals surface area contributed by atoms with Gasteiger partial charge in [0.1, 0.15) is 5.82 Å². The highest BCUT2D eigenvalue weighted by Crippen LogP contribution is 2.14. The molecule has 76 valence electrons. The number of nitrogens with zero attached hydrogens (tertiary/aromatic N) is 1. The number of hydrazine groups is 1. The first-order chi connectivity index (χ1) is 7.20.